The van der Waals surface area contributed by atoms with Crippen LogP contribution in [0.1, 0.15) is 56.5 Å². The summed E-state index contributed by atoms with van der Waals surface area (Å²) in [7, 11) is 0. The zero-order valence-electron chi connectivity index (χ0n) is 25.5. The van der Waals surface area contributed by atoms with Crippen molar-refractivity contribution < 1.29 is 52.6 Å². The number of hydrogen-bond acceptors (Lipinski definition) is 11. The Kier molecular flexibility index (Phi) is 13.2. The van der Waals surface area contributed by atoms with Crippen molar-refractivity contribution in [3.8, 4) is 11.5 Å². The topological polar surface area (TPSA) is 219 Å². The molecule has 0 bridgehead atoms. The second-order valence-corrected chi connectivity index (χ2v) is 10.3. The van der Waals surface area contributed by atoms with Crippen LogP contribution in [0.15, 0.2) is 34.7 Å². The Morgan fingerprint density at radius 3 is 2.04 bits per heavy atom. The van der Waals surface area contributed by atoms with Crippen LogP contribution in [0.25, 0.3) is 21.7 Å². The summed E-state index contributed by atoms with van der Waals surface area (Å²) >= 11 is 0. The number of carboxylic acids is 1. The van der Waals surface area contributed by atoms with Crippen molar-refractivity contribution in [1.29, 1.82) is 0 Å². The molecule has 0 saturated carbocycles. The Balaban J connectivity index is 1.68. The first-order chi connectivity index (χ1) is 22.0. The maximum atomic E-state index is 12.7. The number of fused-ring (bicyclic) bond motifs is 2. The number of unbranched alkanes of at least 4 members (excludes halogenated alkanes) is 1. The molecule has 46 heavy (non-hydrogen) atoms. The molecule has 1 aromatic heterocycles. The van der Waals surface area contributed by atoms with Crippen LogP contribution < -0.4 is 30.7 Å². The molecule has 0 fully saturated rings. The third-order valence-electron chi connectivity index (χ3n) is 6.52. The number of furan rings is 1. The smallest absolute Gasteiger partial charge is 0.412 e. The minimum absolute atomic E-state index is 0.00249. The molecule has 15 nitrogen and oxygen atoms in total. The van der Waals surface area contributed by atoms with Crippen molar-refractivity contribution in [1.82, 2.24) is 21.3 Å². The van der Waals surface area contributed by atoms with Gasteiger partial charge in [-0.2, -0.15) is 0 Å². The summed E-state index contributed by atoms with van der Waals surface area (Å²) in [4.78, 5) is 82.6. The lowest BCUT2D eigenvalue weighted by Crippen LogP contribution is -2.35. The number of Topliss-reactive ketones (excluding diaryl/α,β-unsaturated/α-hetero) is 3. The molecule has 0 aliphatic rings. The van der Waals surface area contributed by atoms with Crippen LogP contribution in [-0.2, 0) is 19.2 Å². The summed E-state index contributed by atoms with van der Waals surface area (Å²) in [6.45, 7) is 2.83. The maximum absolute atomic E-state index is 12.7. The summed E-state index contributed by atoms with van der Waals surface area (Å²) in [6, 6.07) is 8.03. The van der Waals surface area contributed by atoms with Crippen molar-refractivity contribution in [2.24, 2.45) is 0 Å². The molecule has 0 aliphatic carbocycles. The molecule has 3 amide bonds. The Labute approximate surface area is 263 Å². The van der Waals surface area contributed by atoms with Gasteiger partial charge in [-0.25, -0.2) is 9.59 Å². The predicted octanol–water partition coefficient (Wildman–Crippen LogP) is 2.86. The molecule has 5 N–H and O–H groups in total. The van der Waals surface area contributed by atoms with Gasteiger partial charge in [0, 0.05) is 56.6 Å². The third kappa shape index (κ3) is 10.7. The van der Waals surface area contributed by atoms with Gasteiger partial charge in [0.15, 0.2) is 28.6 Å². The fourth-order valence-corrected chi connectivity index (χ4v) is 4.27. The minimum Gasteiger partial charge on any atom is -0.480 e. The molecule has 2 aromatic carbocycles. The van der Waals surface area contributed by atoms with Crippen LogP contribution in [0.4, 0.5) is 9.59 Å². The molecule has 1 heterocycles. The van der Waals surface area contributed by atoms with E-state index in [2.05, 4.69) is 21.3 Å². The molecular formula is C31H36N4O11. The van der Waals surface area contributed by atoms with E-state index < -0.39 is 36.4 Å². The number of nitrogens with one attached hydrogen (secondary N) is 4. The lowest BCUT2D eigenvalue weighted by Gasteiger charge is -2.14. The van der Waals surface area contributed by atoms with E-state index >= 15 is 0 Å². The zero-order valence-corrected chi connectivity index (χ0v) is 25.5. The van der Waals surface area contributed by atoms with E-state index in [0.29, 0.717) is 23.6 Å². The molecule has 0 aliphatic heterocycles. The van der Waals surface area contributed by atoms with Gasteiger partial charge >= 0.3 is 18.2 Å². The second kappa shape index (κ2) is 17.2. The van der Waals surface area contributed by atoms with Gasteiger partial charge in [0.1, 0.15) is 18.1 Å². The summed E-state index contributed by atoms with van der Waals surface area (Å²) < 4.78 is 17.0. The van der Waals surface area contributed by atoms with Gasteiger partial charge < -0.3 is 45.1 Å². The summed E-state index contributed by atoms with van der Waals surface area (Å²) in [6.07, 6.45) is -0.431. The number of amides is 3. The highest BCUT2D eigenvalue weighted by Gasteiger charge is 2.25. The van der Waals surface area contributed by atoms with E-state index in [-0.39, 0.29) is 85.2 Å². The first-order valence-electron chi connectivity index (χ1n) is 14.6. The number of carbonyl (C=O) groups is 7. The fraction of sp³-hybridized carbons (Fsp3) is 0.387. The van der Waals surface area contributed by atoms with Crippen LogP contribution in [0.3, 0.4) is 0 Å². The average Bonchev–Trinajstić information content (AvgIpc) is 3.46. The summed E-state index contributed by atoms with van der Waals surface area (Å²) in [5, 5.41) is 19.9. The number of carbonyl (C=O) groups excluding carboxylic acids is 6. The van der Waals surface area contributed by atoms with Gasteiger partial charge in [-0.1, -0.05) is 24.3 Å². The molecule has 0 atom stereocenters. The highest BCUT2D eigenvalue weighted by atomic mass is 16.6. The molecule has 3 aromatic rings. The molecular weight excluding hydrogens is 604 g/mol. The fourth-order valence-electron chi connectivity index (χ4n) is 4.27. The first kappa shape index (κ1) is 35.2. The van der Waals surface area contributed by atoms with Crippen LogP contribution >= 0.6 is 0 Å². The normalized spacial score (nSPS) is 10.7. The van der Waals surface area contributed by atoms with Crippen LogP contribution in [0.5, 0.6) is 11.5 Å². The SMILES string of the molecule is CC(=O)CCC(=O)CNCCNC(=O)Oc1c2ccccc2c(OC(=O)NCCCCC(=O)NCC(=O)O)c2oc(C(C)=O)cc12. The number of hydrogen-bond donors (Lipinski definition) is 5. The molecule has 0 saturated heterocycles. The number of ether oxygens (including phenoxy) is 2. The Hall–Kier alpha value is -5.31. The molecule has 0 spiro atoms. The van der Waals surface area contributed by atoms with Crippen LogP contribution in [0, 0.1) is 0 Å². The highest BCUT2D eigenvalue weighted by molar-refractivity contribution is 6.12. The largest absolute Gasteiger partial charge is 0.480 e. The number of rotatable bonds is 18. The van der Waals surface area contributed by atoms with Crippen LogP contribution in [0.2, 0.25) is 0 Å². The number of ketones is 3. The zero-order chi connectivity index (χ0) is 33.6. The van der Waals surface area contributed by atoms with Gasteiger partial charge in [-0.3, -0.25) is 19.2 Å². The molecule has 0 radical (unpaired) electrons. The van der Waals surface area contributed by atoms with Crippen molar-refractivity contribution in [3.63, 3.8) is 0 Å². The van der Waals surface area contributed by atoms with Crippen molar-refractivity contribution in [3.05, 3.63) is 36.1 Å². The Morgan fingerprint density at radius 2 is 1.39 bits per heavy atom. The average molecular weight is 641 g/mol. The van der Waals surface area contributed by atoms with Crippen LogP contribution in [-0.4, -0.2) is 79.2 Å². The lowest BCUT2D eigenvalue weighted by atomic mass is 10.1. The van der Waals surface area contributed by atoms with Crippen molar-refractivity contribution in [2.75, 3.05) is 32.7 Å². The Morgan fingerprint density at radius 1 is 0.739 bits per heavy atom. The third-order valence-corrected chi connectivity index (χ3v) is 6.52. The van der Waals surface area contributed by atoms with E-state index in [9.17, 15) is 33.6 Å². The summed E-state index contributed by atoms with van der Waals surface area (Å²) in [5.74, 6) is -2.16. The van der Waals surface area contributed by atoms with Gasteiger partial charge in [0.2, 0.25) is 5.91 Å². The number of aliphatic carboxylic acids is 1. The molecule has 3 rings (SSSR count). The molecule has 246 valence electrons. The number of benzene rings is 2. The highest BCUT2D eigenvalue weighted by Crippen LogP contribution is 2.44. The van der Waals surface area contributed by atoms with Crippen molar-refractivity contribution >= 4 is 63.2 Å². The molecule has 0 unspecified atom stereocenters. The maximum Gasteiger partial charge on any atom is 0.412 e. The van der Waals surface area contributed by atoms with E-state index in [1.54, 1.807) is 24.3 Å². The predicted molar refractivity (Wildman–Crippen MR) is 164 cm³/mol. The lowest BCUT2D eigenvalue weighted by molar-refractivity contribution is -0.138. The van der Waals surface area contributed by atoms with Gasteiger partial charge in [0.05, 0.1) is 11.9 Å². The number of carboxylic acid groups (broad SMARTS) is 1. The van der Waals surface area contributed by atoms with E-state index in [4.69, 9.17) is 19.0 Å². The summed E-state index contributed by atoms with van der Waals surface area (Å²) in [5.41, 5.74) is 0.00249. The van der Waals surface area contributed by atoms with E-state index in [1.807, 2.05) is 0 Å². The quantitative estimate of drug-likeness (QED) is 0.100. The monoisotopic (exact) mass is 640 g/mol. The van der Waals surface area contributed by atoms with Gasteiger partial charge in [-0.05, 0) is 25.8 Å². The standard InChI is InChI=1S/C31H36N4O11/c1-18(36)10-11-20(38)16-32-13-14-34-31(43)45-27-21-7-3-4-8-22(21)28(29-23(27)15-24(44-29)19(2)37)46-30(42)33-12-6-5-9-25(39)35-17-26(40)41/h3-4,7-8,15,32H,5-6,9-14,16-17H2,1-2H3,(H,33,42)(H,34,43)(H,35,39)(H,40,41). The minimum atomic E-state index is -1.15. The van der Waals surface area contributed by atoms with Gasteiger partial charge in [0.25, 0.3) is 0 Å². The first-order valence-corrected chi connectivity index (χ1v) is 14.6. The van der Waals surface area contributed by atoms with Gasteiger partial charge in [-0.15, -0.1) is 0 Å². The van der Waals surface area contributed by atoms with E-state index in [0.717, 1.165) is 0 Å². The second-order valence-electron chi connectivity index (χ2n) is 10.3. The van der Waals surface area contributed by atoms with E-state index in [1.165, 1.54) is 19.9 Å². The Bertz CT molecular complexity index is 1520. The molecule has 15 heteroatoms. The van der Waals surface area contributed by atoms with Crippen molar-refractivity contribution in [2.45, 2.75) is 46.0 Å².